The summed E-state index contributed by atoms with van der Waals surface area (Å²) in [4.78, 5) is 0. The summed E-state index contributed by atoms with van der Waals surface area (Å²) in [5, 5.41) is 0. The Morgan fingerprint density at radius 3 is 1.50 bits per heavy atom. The van der Waals surface area contributed by atoms with Gasteiger partial charge in [-0.15, -0.1) is 0 Å². The maximum Gasteiger partial charge on any atom is 0.0507 e. The van der Waals surface area contributed by atoms with Gasteiger partial charge in [0.1, 0.15) is 0 Å². The lowest BCUT2D eigenvalue weighted by Crippen LogP contribution is -2.39. The van der Waals surface area contributed by atoms with E-state index in [2.05, 4.69) is 47.0 Å². The molecular weight excluding hydrogens is 248 g/mol. The number of hydrogen-bond acceptors (Lipinski definition) is 0. The van der Waals surface area contributed by atoms with E-state index in [1.54, 1.807) is 18.1 Å². The molecule has 109 valence electrons. The van der Waals surface area contributed by atoms with E-state index in [9.17, 15) is 0 Å². The van der Waals surface area contributed by atoms with Crippen LogP contribution in [-0.4, -0.2) is 16.1 Å². The van der Waals surface area contributed by atoms with E-state index in [1.807, 2.05) is 5.54 Å². The summed E-state index contributed by atoms with van der Waals surface area (Å²) in [6.07, 6.45) is 7.03. The molecule has 0 fully saturated rings. The summed E-state index contributed by atoms with van der Waals surface area (Å²) < 4.78 is 0. The molecule has 0 heterocycles. The van der Waals surface area contributed by atoms with Gasteiger partial charge in [-0.2, -0.15) is 0 Å². The van der Waals surface area contributed by atoms with E-state index in [-0.39, 0.29) is 0 Å². The van der Waals surface area contributed by atoms with Crippen LogP contribution in [-0.2, 0) is 0 Å². The van der Waals surface area contributed by atoms with Gasteiger partial charge >= 0.3 is 0 Å². The van der Waals surface area contributed by atoms with Gasteiger partial charge in [-0.3, -0.25) is 0 Å². The van der Waals surface area contributed by atoms with E-state index in [0.717, 1.165) is 0 Å². The Balaban J connectivity index is 4.63. The maximum atomic E-state index is 2.69. The second-order valence-corrected chi connectivity index (χ2v) is 17.6. The molecule has 0 bridgehead atoms. The molecule has 0 aromatic heterocycles. The first kappa shape index (κ1) is 18.4. The van der Waals surface area contributed by atoms with Crippen LogP contribution < -0.4 is 0 Å². The fourth-order valence-electron chi connectivity index (χ4n) is 2.94. The van der Waals surface area contributed by atoms with E-state index in [4.69, 9.17) is 0 Å². The molecule has 2 heteroatoms. The molecule has 0 aliphatic heterocycles. The van der Waals surface area contributed by atoms with Crippen molar-refractivity contribution < 1.29 is 0 Å². The van der Waals surface area contributed by atoms with Crippen LogP contribution in [0.4, 0.5) is 0 Å². The van der Waals surface area contributed by atoms with Gasteiger partial charge in [0, 0.05) is 0 Å². The molecule has 0 aromatic carbocycles. The van der Waals surface area contributed by atoms with Gasteiger partial charge in [0.05, 0.1) is 16.1 Å². The summed E-state index contributed by atoms with van der Waals surface area (Å²) >= 11 is 0. The fourth-order valence-corrected chi connectivity index (χ4v) is 11.7. The van der Waals surface area contributed by atoms with E-state index in [1.165, 1.54) is 32.1 Å². The van der Waals surface area contributed by atoms with Gasteiger partial charge in [-0.05, 0) is 5.54 Å². The average Bonchev–Trinajstić information content (AvgIpc) is 2.30. The first-order valence-corrected chi connectivity index (χ1v) is 14.8. The Morgan fingerprint density at radius 2 is 1.22 bits per heavy atom. The summed E-state index contributed by atoms with van der Waals surface area (Å²) in [6.45, 7) is 17.4. The molecule has 0 atom stereocenters. The molecule has 0 aliphatic carbocycles. The highest BCUT2D eigenvalue weighted by Gasteiger charge is 2.34. The van der Waals surface area contributed by atoms with Gasteiger partial charge in [-0.25, -0.2) is 0 Å². The highest BCUT2D eigenvalue weighted by atomic mass is 28.3. The Labute approximate surface area is 119 Å². The van der Waals surface area contributed by atoms with Crippen LogP contribution in [0.1, 0.15) is 52.9 Å². The lowest BCUT2D eigenvalue weighted by atomic mass is 10.4. The minimum absolute atomic E-state index is 0.988. The number of rotatable bonds is 10. The molecule has 1 radical (unpaired) electrons. The number of hydrogen-bond donors (Lipinski definition) is 0. The van der Waals surface area contributed by atoms with Crippen LogP contribution >= 0.6 is 0 Å². The predicted molar refractivity (Wildman–Crippen MR) is 92.7 cm³/mol. The zero-order valence-electron chi connectivity index (χ0n) is 14.2. The van der Waals surface area contributed by atoms with Gasteiger partial charge < -0.3 is 0 Å². The van der Waals surface area contributed by atoms with E-state index < -0.39 is 16.1 Å². The van der Waals surface area contributed by atoms with Crippen molar-refractivity contribution in [2.24, 2.45) is 0 Å². The van der Waals surface area contributed by atoms with Crippen LogP contribution in [0.5, 0.6) is 0 Å². The minimum atomic E-state index is -1.02. The van der Waals surface area contributed by atoms with Crippen molar-refractivity contribution >= 4 is 16.1 Å². The molecule has 0 aromatic rings. The van der Waals surface area contributed by atoms with Crippen molar-refractivity contribution in [1.82, 2.24) is 0 Å². The Hall–Kier alpha value is 0.434. The molecular formula is C16H37Si2. The highest BCUT2D eigenvalue weighted by molar-refractivity contribution is 6.86. The lowest BCUT2D eigenvalue weighted by molar-refractivity contribution is 0.818. The topological polar surface area (TPSA) is 0 Å². The van der Waals surface area contributed by atoms with Crippen LogP contribution in [0.2, 0.25) is 44.3 Å². The summed E-state index contributed by atoms with van der Waals surface area (Å²) in [5.74, 6) is 0. The standard InChI is InChI=1S/C16H37Si2/c1-8-11-13-18(7,14-12-9-2)15-16(10-3)17(4,5)6/h8-15H2,1-7H3. The fraction of sp³-hybridized carbons (Fsp3) is 0.938. The molecule has 0 nitrogen and oxygen atoms in total. The molecule has 0 N–H and O–H groups in total. The van der Waals surface area contributed by atoms with Crippen LogP contribution in [0.3, 0.4) is 0 Å². The smallest absolute Gasteiger partial charge is 0.0507 e. The Morgan fingerprint density at radius 1 is 0.778 bits per heavy atom. The molecule has 0 amide bonds. The van der Waals surface area contributed by atoms with Gasteiger partial charge in [0.2, 0.25) is 0 Å². The molecule has 0 spiro atoms. The van der Waals surface area contributed by atoms with Crippen LogP contribution in [0.25, 0.3) is 0 Å². The first-order valence-electron chi connectivity index (χ1n) is 8.14. The highest BCUT2D eigenvalue weighted by Crippen LogP contribution is 2.36. The lowest BCUT2D eigenvalue weighted by Gasteiger charge is -2.36. The molecule has 0 aliphatic rings. The zero-order valence-corrected chi connectivity index (χ0v) is 16.2. The van der Waals surface area contributed by atoms with Crippen molar-refractivity contribution in [3.05, 3.63) is 5.54 Å². The number of unbranched alkanes of at least 4 members (excludes halogenated alkanes) is 2. The van der Waals surface area contributed by atoms with Crippen LogP contribution in [0, 0.1) is 5.54 Å². The second kappa shape index (κ2) is 8.57. The van der Waals surface area contributed by atoms with Crippen molar-refractivity contribution in [3.8, 4) is 0 Å². The molecule has 0 rings (SSSR count). The van der Waals surface area contributed by atoms with E-state index >= 15 is 0 Å². The third-order valence-electron chi connectivity index (χ3n) is 4.40. The monoisotopic (exact) mass is 285 g/mol. The van der Waals surface area contributed by atoms with Crippen molar-refractivity contribution in [3.63, 3.8) is 0 Å². The first-order chi connectivity index (χ1) is 8.29. The Bertz CT molecular complexity index is 198. The third-order valence-corrected chi connectivity index (χ3v) is 11.8. The quantitative estimate of drug-likeness (QED) is 0.400. The van der Waals surface area contributed by atoms with E-state index in [0.29, 0.717) is 0 Å². The molecule has 0 saturated heterocycles. The summed E-state index contributed by atoms with van der Waals surface area (Å²) in [5.41, 5.74) is 1.96. The summed E-state index contributed by atoms with van der Waals surface area (Å²) in [7, 11) is -2.01. The van der Waals surface area contributed by atoms with Crippen molar-refractivity contribution in [1.29, 1.82) is 0 Å². The molecule has 18 heavy (non-hydrogen) atoms. The predicted octanol–water partition coefficient (Wildman–Crippen LogP) is 6.53. The largest absolute Gasteiger partial charge is 0.0691 e. The van der Waals surface area contributed by atoms with Gasteiger partial charge in [0.15, 0.2) is 0 Å². The zero-order chi connectivity index (χ0) is 14.2. The van der Waals surface area contributed by atoms with Crippen molar-refractivity contribution in [2.75, 3.05) is 0 Å². The normalized spacial score (nSPS) is 13.3. The SMILES string of the molecule is CCCC[Si](C)(CCCC)C[C](CC)[Si](C)(C)C. The Kier molecular flexibility index (Phi) is 8.78. The van der Waals surface area contributed by atoms with Crippen LogP contribution in [0.15, 0.2) is 0 Å². The second-order valence-electron chi connectivity index (χ2n) is 7.40. The maximum absolute atomic E-state index is 2.69. The minimum Gasteiger partial charge on any atom is -0.0691 e. The van der Waals surface area contributed by atoms with Crippen molar-refractivity contribution in [2.45, 2.75) is 97.2 Å². The third kappa shape index (κ3) is 7.13. The molecule has 0 unspecified atom stereocenters. The summed E-state index contributed by atoms with van der Waals surface area (Å²) in [6, 6.07) is 4.67. The van der Waals surface area contributed by atoms with Gasteiger partial charge in [-0.1, -0.05) is 97.2 Å². The molecule has 0 saturated carbocycles. The van der Waals surface area contributed by atoms with Gasteiger partial charge in [0.25, 0.3) is 0 Å². The average molecular weight is 286 g/mol.